The number of morpholine rings is 1. The molecule has 0 bridgehead atoms. The van der Waals surface area contributed by atoms with Gasteiger partial charge in [0.15, 0.2) is 0 Å². The molecule has 0 unspecified atom stereocenters. The summed E-state index contributed by atoms with van der Waals surface area (Å²) in [7, 11) is 0. The number of hydrogen-bond donors (Lipinski definition) is 0. The maximum atomic E-state index is 12.6. The summed E-state index contributed by atoms with van der Waals surface area (Å²) < 4.78 is 5.91. The van der Waals surface area contributed by atoms with Crippen molar-refractivity contribution in [1.82, 2.24) is 9.80 Å². The van der Waals surface area contributed by atoms with Crippen LogP contribution in [0.25, 0.3) is 0 Å². The van der Waals surface area contributed by atoms with E-state index in [-0.39, 0.29) is 12.1 Å². The van der Waals surface area contributed by atoms with Gasteiger partial charge in [0.25, 0.3) is 0 Å². The third-order valence-corrected chi connectivity index (χ3v) is 5.38. The van der Waals surface area contributed by atoms with E-state index in [4.69, 9.17) is 4.74 Å². The fourth-order valence-corrected chi connectivity index (χ4v) is 4.09. The second kappa shape index (κ2) is 6.90. The van der Waals surface area contributed by atoms with Crippen molar-refractivity contribution in [2.24, 2.45) is 0 Å². The van der Waals surface area contributed by atoms with Crippen LogP contribution in [0.15, 0.2) is 16.8 Å². The summed E-state index contributed by atoms with van der Waals surface area (Å²) in [5.41, 5.74) is 1.28. The van der Waals surface area contributed by atoms with E-state index in [2.05, 4.69) is 33.6 Å². The molecule has 2 saturated heterocycles. The summed E-state index contributed by atoms with van der Waals surface area (Å²) in [5.74, 6) is 0.296. The predicted molar refractivity (Wildman–Crippen MR) is 84.6 cm³/mol. The van der Waals surface area contributed by atoms with Gasteiger partial charge in [-0.25, -0.2) is 0 Å². The fraction of sp³-hybridized carbons (Fsp3) is 0.688. The number of aryl methyl sites for hydroxylation is 1. The lowest BCUT2D eigenvalue weighted by atomic mass is 9.97. The largest absolute Gasteiger partial charge is 0.373 e. The molecule has 3 rings (SSSR count). The van der Waals surface area contributed by atoms with Crippen LogP contribution in [0.4, 0.5) is 0 Å². The van der Waals surface area contributed by atoms with Gasteiger partial charge in [-0.05, 0) is 41.8 Å². The highest BCUT2D eigenvalue weighted by Gasteiger charge is 2.38. The van der Waals surface area contributed by atoms with Crippen LogP contribution in [0.1, 0.15) is 25.3 Å². The van der Waals surface area contributed by atoms with Crippen LogP contribution < -0.4 is 0 Å². The Bertz CT molecular complexity index is 463. The second-order valence-electron chi connectivity index (χ2n) is 5.88. The van der Waals surface area contributed by atoms with Gasteiger partial charge in [0, 0.05) is 26.1 Å². The molecule has 5 heteroatoms. The molecule has 2 aliphatic rings. The minimum atomic E-state index is 0.206. The van der Waals surface area contributed by atoms with E-state index in [1.54, 1.807) is 11.3 Å². The summed E-state index contributed by atoms with van der Waals surface area (Å²) in [4.78, 5) is 17.1. The van der Waals surface area contributed by atoms with Gasteiger partial charge in [0.05, 0.1) is 18.8 Å². The third-order valence-electron chi connectivity index (χ3n) is 4.65. The molecule has 0 radical (unpaired) electrons. The summed E-state index contributed by atoms with van der Waals surface area (Å²) in [6.07, 6.45) is 2.73. The number of hydrogen-bond acceptors (Lipinski definition) is 4. The Kier molecular flexibility index (Phi) is 4.93. The van der Waals surface area contributed by atoms with Crippen LogP contribution in [-0.2, 0) is 16.0 Å². The quantitative estimate of drug-likeness (QED) is 0.853. The number of likely N-dealkylation sites (tertiary alicyclic amines) is 1. The van der Waals surface area contributed by atoms with E-state index < -0.39 is 0 Å². The van der Waals surface area contributed by atoms with Gasteiger partial charge in [-0.3, -0.25) is 4.79 Å². The molecule has 4 nitrogen and oxygen atoms in total. The summed E-state index contributed by atoms with van der Waals surface area (Å²) in [6, 6.07) is 2.40. The van der Waals surface area contributed by atoms with Crippen molar-refractivity contribution in [1.29, 1.82) is 0 Å². The first kappa shape index (κ1) is 15.0. The summed E-state index contributed by atoms with van der Waals surface area (Å²) >= 11 is 1.70. The average Bonchev–Trinajstić information content (AvgIpc) is 3.04. The zero-order valence-electron chi connectivity index (χ0n) is 12.7. The number of rotatable bonds is 4. The smallest absolute Gasteiger partial charge is 0.223 e. The predicted octanol–water partition coefficient (Wildman–Crippen LogP) is 2.00. The van der Waals surface area contributed by atoms with E-state index in [0.717, 1.165) is 39.0 Å². The average molecular weight is 308 g/mol. The van der Waals surface area contributed by atoms with Crippen LogP contribution in [0.2, 0.25) is 0 Å². The van der Waals surface area contributed by atoms with Crippen LogP contribution in [-0.4, -0.2) is 60.6 Å². The second-order valence-corrected chi connectivity index (χ2v) is 6.66. The molecule has 21 heavy (non-hydrogen) atoms. The first-order chi connectivity index (χ1) is 10.3. The van der Waals surface area contributed by atoms with Crippen LogP contribution in [0.5, 0.6) is 0 Å². The number of nitrogens with zero attached hydrogens (tertiary/aromatic N) is 2. The number of thiophene rings is 1. The van der Waals surface area contributed by atoms with E-state index in [0.29, 0.717) is 18.9 Å². The highest BCUT2D eigenvalue weighted by atomic mass is 32.1. The topological polar surface area (TPSA) is 32.8 Å². The Balaban J connectivity index is 1.57. The zero-order chi connectivity index (χ0) is 14.7. The minimum absolute atomic E-state index is 0.206. The molecule has 0 N–H and O–H groups in total. The Hall–Kier alpha value is -0.910. The number of amides is 1. The number of carbonyl (C=O) groups is 1. The van der Waals surface area contributed by atoms with Gasteiger partial charge in [-0.15, -0.1) is 0 Å². The molecule has 2 fully saturated rings. The molecule has 2 aliphatic heterocycles. The highest BCUT2D eigenvalue weighted by Crippen LogP contribution is 2.24. The van der Waals surface area contributed by atoms with Gasteiger partial charge in [0.2, 0.25) is 5.91 Å². The summed E-state index contributed by atoms with van der Waals surface area (Å²) in [6.45, 7) is 6.75. The first-order valence-electron chi connectivity index (χ1n) is 7.92. The van der Waals surface area contributed by atoms with Crippen LogP contribution in [0.3, 0.4) is 0 Å². The lowest BCUT2D eigenvalue weighted by molar-refractivity contribution is -0.152. The molecule has 0 spiro atoms. The van der Waals surface area contributed by atoms with Crippen LogP contribution in [0, 0.1) is 0 Å². The molecule has 2 atom stereocenters. The SMILES string of the molecule is CCN1CC[C@@H]2[C@H](C1)OCCN2C(=O)CCc1ccsc1. The Morgan fingerprint density at radius 3 is 3.14 bits per heavy atom. The minimum Gasteiger partial charge on any atom is -0.373 e. The van der Waals surface area contributed by atoms with Gasteiger partial charge in [0.1, 0.15) is 0 Å². The number of fused-ring (bicyclic) bond motifs is 1. The van der Waals surface area contributed by atoms with Gasteiger partial charge in [-0.2, -0.15) is 11.3 Å². The number of carbonyl (C=O) groups excluding carboxylic acids is 1. The standard InChI is InChI=1S/C16H24N2O2S/c1-2-17-7-5-14-15(11-17)20-9-8-18(14)16(19)4-3-13-6-10-21-12-13/h6,10,12,14-15H,2-5,7-9,11H2,1H3/t14-,15+/m1/s1. The van der Waals surface area contributed by atoms with Crippen molar-refractivity contribution in [3.63, 3.8) is 0 Å². The van der Waals surface area contributed by atoms with Crippen molar-refractivity contribution in [3.05, 3.63) is 22.4 Å². The number of likely N-dealkylation sites (N-methyl/N-ethyl adjacent to an activating group) is 1. The normalized spacial score (nSPS) is 26.6. The van der Waals surface area contributed by atoms with Crippen LogP contribution >= 0.6 is 11.3 Å². The van der Waals surface area contributed by atoms with Crippen molar-refractivity contribution < 1.29 is 9.53 Å². The number of piperidine rings is 1. The van der Waals surface area contributed by atoms with Crippen molar-refractivity contribution in [3.8, 4) is 0 Å². The van der Waals surface area contributed by atoms with Crippen molar-refractivity contribution >= 4 is 17.2 Å². The highest BCUT2D eigenvalue weighted by molar-refractivity contribution is 7.07. The first-order valence-corrected chi connectivity index (χ1v) is 8.86. The van der Waals surface area contributed by atoms with Gasteiger partial charge >= 0.3 is 0 Å². The number of ether oxygens (including phenoxy) is 1. The Morgan fingerprint density at radius 2 is 2.38 bits per heavy atom. The van der Waals surface area contributed by atoms with E-state index in [9.17, 15) is 4.79 Å². The molecule has 0 aromatic carbocycles. The van der Waals surface area contributed by atoms with Crippen molar-refractivity contribution in [2.45, 2.75) is 38.3 Å². The molecule has 0 saturated carbocycles. The van der Waals surface area contributed by atoms with E-state index in [1.165, 1.54) is 5.56 Å². The molecule has 0 aliphatic carbocycles. The van der Waals surface area contributed by atoms with Gasteiger partial charge in [-0.1, -0.05) is 6.92 Å². The van der Waals surface area contributed by atoms with E-state index in [1.807, 2.05) is 0 Å². The Morgan fingerprint density at radius 1 is 1.48 bits per heavy atom. The molecule has 1 aromatic heterocycles. The maximum absolute atomic E-state index is 12.6. The van der Waals surface area contributed by atoms with E-state index >= 15 is 0 Å². The van der Waals surface area contributed by atoms with Crippen molar-refractivity contribution in [2.75, 3.05) is 32.8 Å². The third kappa shape index (κ3) is 3.47. The maximum Gasteiger partial charge on any atom is 0.223 e. The molecule has 1 aromatic rings. The lowest BCUT2D eigenvalue weighted by Crippen LogP contribution is -2.60. The molecule has 3 heterocycles. The molecular weight excluding hydrogens is 284 g/mol. The molecule has 116 valence electrons. The molecule has 1 amide bonds. The zero-order valence-corrected chi connectivity index (χ0v) is 13.5. The summed E-state index contributed by atoms with van der Waals surface area (Å²) in [5, 5.41) is 4.21. The monoisotopic (exact) mass is 308 g/mol. The Labute approximate surface area is 130 Å². The lowest BCUT2D eigenvalue weighted by Gasteiger charge is -2.46. The van der Waals surface area contributed by atoms with Gasteiger partial charge < -0.3 is 14.5 Å². The molecular formula is C16H24N2O2S. The fourth-order valence-electron chi connectivity index (χ4n) is 3.38.